The summed E-state index contributed by atoms with van der Waals surface area (Å²) in [4.78, 5) is 8.86. The summed E-state index contributed by atoms with van der Waals surface area (Å²) in [5.41, 5.74) is 9.79. The van der Waals surface area contributed by atoms with E-state index in [0.29, 0.717) is 12.4 Å². The summed E-state index contributed by atoms with van der Waals surface area (Å²) < 4.78 is 7.88. The minimum Gasteiger partial charge on any atom is -0.489 e. The fourth-order valence-electron chi connectivity index (χ4n) is 2.89. The molecule has 0 bridgehead atoms. The van der Waals surface area contributed by atoms with Crippen molar-refractivity contribution in [2.24, 2.45) is 0 Å². The van der Waals surface area contributed by atoms with Crippen LogP contribution in [0.25, 0.3) is 16.8 Å². The van der Waals surface area contributed by atoms with E-state index in [1.807, 2.05) is 72.1 Å². The SMILES string of the molecule is Cc1nc(-c2cccc(OCc3ccccc3)c2)c2c(N)nccn12. The number of nitrogens with two attached hydrogens (primary N) is 1. The molecule has 124 valence electrons. The number of aryl methyl sites for hydroxylation is 1. The second-order valence-electron chi connectivity index (χ2n) is 5.84. The molecule has 4 aromatic rings. The lowest BCUT2D eigenvalue weighted by atomic mass is 10.1. The molecule has 5 nitrogen and oxygen atoms in total. The standard InChI is InChI=1S/C20H18N4O/c1-14-23-18(19-20(21)22-10-11-24(14)19)16-8-5-9-17(12-16)25-13-15-6-3-2-4-7-15/h2-12H,13H2,1H3,(H2,21,22). The molecule has 0 fully saturated rings. The topological polar surface area (TPSA) is 65.4 Å². The van der Waals surface area contributed by atoms with Gasteiger partial charge in [0.15, 0.2) is 0 Å². The number of benzene rings is 2. The molecule has 0 aliphatic heterocycles. The summed E-state index contributed by atoms with van der Waals surface area (Å²) in [7, 11) is 0. The van der Waals surface area contributed by atoms with Crippen LogP contribution in [0.2, 0.25) is 0 Å². The van der Waals surface area contributed by atoms with Crippen molar-refractivity contribution in [2.75, 3.05) is 5.73 Å². The van der Waals surface area contributed by atoms with Crippen LogP contribution < -0.4 is 10.5 Å². The number of rotatable bonds is 4. The van der Waals surface area contributed by atoms with Gasteiger partial charge in [-0.3, -0.25) is 4.40 Å². The van der Waals surface area contributed by atoms with Crippen LogP contribution in [0.15, 0.2) is 67.0 Å². The second kappa shape index (κ2) is 6.28. The monoisotopic (exact) mass is 330 g/mol. The van der Waals surface area contributed by atoms with E-state index < -0.39 is 0 Å². The fourth-order valence-corrected chi connectivity index (χ4v) is 2.89. The highest BCUT2D eigenvalue weighted by Gasteiger charge is 2.14. The van der Waals surface area contributed by atoms with E-state index in [1.54, 1.807) is 6.20 Å². The van der Waals surface area contributed by atoms with Gasteiger partial charge in [0.05, 0.1) is 0 Å². The maximum Gasteiger partial charge on any atom is 0.150 e. The van der Waals surface area contributed by atoms with Gasteiger partial charge < -0.3 is 10.5 Å². The number of hydrogen-bond acceptors (Lipinski definition) is 4. The molecule has 0 amide bonds. The van der Waals surface area contributed by atoms with Gasteiger partial charge in [-0.2, -0.15) is 0 Å². The summed E-state index contributed by atoms with van der Waals surface area (Å²) in [6.45, 7) is 2.47. The van der Waals surface area contributed by atoms with Crippen LogP contribution >= 0.6 is 0 Å². The van der Waals surface area contributed by atoms with E-state index in [-0.39, 0.29) is 0 Å². The van der Waals surface area contributed by atoms with Gasteiger partial charge in [-0.15, -0.1) is 0 Å². The van der Waals surface area contributed by atoms with E-state index in [0.717, 1.165) is 33.9 Å². The summed E-state index contributed by atoms with van der Waals surface area (Å²) >= 11 is 0. The zero-order valence-electron chi connectivity index (χ0n) is 13.9. The molecule has 0 aliphatic carbocycles. The first kappa shape index (κ1) is 15.2. The lowest BCUT2D eigenvalue weighted by Gasteiger charge is -2.08. The molecule has 0 spiro atoms. The third-order valence-electron chi connectivity index (χ3n) is 4.12. The van der Waals surface area contributed by atoms with Crippen molar-refractivity contribution in [2.45, 2.75) is 13.5 Å². The third kappa shape index (κ3) is 2.92. The number of nitrogens with zero attached hydrogens (tertiary/aromatic N) is 3. The first-order valence-electron chi connectivity index (χ1n) is 8.08. The van der Waals surface area contributed by atoms with E-state index in [2.05, 4.69) is 9.97 Å². The zero-order chi connectivity index (χ0) is 17.2. The molecule has 0 atom stereocenters. The van der Waals surface area contributed by atoms with Crippen LogP contribution in [0, 0.1) is 6.92 Å². The molecule has 0 saturated carbocycles. The largest absolute Gasteiger partial charge is 0.489 e. The lowest BCUT2D eigenvalue weighted by Crippen LogP contribution is -1.97. The highest BCUT2D eigenvalue weighted by Crippen LogP contribution is 2.30. The number of aromatic nitrogens is 3. The van der Waals surface area contributed by atoms with Crippen molar-refractivity contribution in [3.05, 3.63) is 78.4 Å². The molecular formula is C20H18N4O. The Kier molecular flexibility index (Phi) is 3.82. The molecule has 0 saturated heterocycles. The Bertz CT molecular complexity index is 1020. The Labute approximate surface area is 145 Å². The highest BCUT2D eigenvalue weighted by atomic mass is 16.5. The number of anilines is 1. The average molecular weight is 330 g/mol. The molecule has 25 heavy (non-hydrogen) atoms. The quantitative estimate of drug-likeness (QED) is 0.617. The maximum absolute atomic E-state index is 6.08. The van der Waals surface area contributed by atoms with Crippen LogP contribution in [-0.2, 0) is 6.61 Å². The average Bonchev–Trinajstić information content (AvgIpc) is 2.99. The Hall–Kier alpha value is -3.34. The van der Waals surface area contributed by atoms with Crippen LogP contribution in [0.5, 0.6) is 5.75 Å². The zero-order valence-corrected chi connectivity index (χ0v) is 13.9. The molecule has 2 heterocycles. The Balaban J connectivity index is 1.68. The molecule has 0 unspecified atom stereocenters. The van der Waals surface area contributed by atoms with Crippen LogP contribution in [0.3, 0.4) is 0 Å². The summed E-state index contributed by atoms with van der Waals surface area (Å²) in [6, 6.07) is 18.0. The van der Waals surface area contributed by atoms with Crippen molar-refractivity contribution < 1.29 is 4.74 Å². The number of imidazole rings is 1. The first-order valence-corrected chi connectivity index (χ1v) is 8.08. The molecule has 4 rings (SSSR count). The van der Waals surface area contributed by atoms with Gasteiger partial charge >= 0.3 is 0 Å². The normalized spacial score (nSPS) is 10.9. The molecule has 5 heteroatoms. The molecular weight excluding hydrogens is 312 g/mol. The molecule has 0 aliphatic rings. The first-order chi connectivity index (χ1) is 12.2. The predicted molar refractivity (Wildman–Crippen MR) is 98.3 cm³/mol. The predicted octanol–water partition coefficient (Wildman–Crippen LogP) is 3.87. The molecule has 2 aromatic heterocycles. The number of fused-ring (bicyclic) bond motifs is 1. The summed E-state index contributed by atoms with van der Waals surface area (Å²) in [5.74, 6) is 2.13. The lowest BCUT2D eigenvalue weighted by molar-refractivity contribution is 0.306. The van der Waals surface area contributed by atoms with Crippen molar-refractivity contribution in [1.82, 2.24) is 14.4 Å². The van der Waals surface area contributed by atoms with Gasteiger partial charge in [-0.05, 0) is 24.6 Å². The van der Waals surface area contributed by atoms with Crippen LogP contribution in [-0.4, -0.2) is 14.4 Å². The number of ether oxygens (including phenoxy) is 1. The summed E-state index contributed by atoms with van der Waals surface area (Å²) in [5, 5.41) is 0. The Morgan fingerprint density at radius 3 is 2.76 bits per heavy atom. The fraction of sp³-hybridized carbons (Fsp3) is 0.100. The van der Waals surface area contributed by atoms with Gasteiger partial charge in [-0.1, -0.05) is 42.5 Å². The summed E-state index contributed by atoms with van der Waals surface area (Å²) in [6.07, 6.45) is 3.55. The number of nitrogen functional groups attached to an aromatic ring is 1. The van der Waals surface area contributed by atoms with Crippen molar-refractivity contribution in [3.63, 3.8) is 0 Å². The van der Waals surface area contributed by atoms with Gasteiger partial charge in [0, 0.05) is 18.0 Å². The maximum atomic E-state index is 6.08. The highest BCUT2D eigenvalue weighted by molar-refractivity contribution is 5.85. The van der Waals surface area contributed by atoms with Crippen LogP contribution in [0.1, 0.15) is 11.4 Å². The Morgan fingerprint density at radius 2 is 1.92 bits per heavy atom. The molecule has 2 aromatic carbocycles. The van der Waals surface area contributed by atoms with Crippen molar-refractivity contribution >= 4 is 11.3 Å². The minimum atomic E-state index is 0.466. The Morgan fingerprint density at radius 1 is 1.08 bits per heavy atom. The van der Waals surface area contributed by atoms with E-state index >= 15 is 0 Å². The van der Waals surface area contributed by atoms with E-state index in [4.69, 9.17) is 10.5 Å². The smallest absolute Gasteiger partial charge is 0.150 e. The van der Waals surface area contributed by atoms with Crippen LogP contribution in [0.4, 0.5) is 5.82 Å². The van der Waals surface area contributed by atoms with Crippen molar-refractivity contribution in [3.8, 4) is 17.0 Å². The van der Waals surface area contributed by atoms with Gasteiger partial charge in [0.1, 0.15) is 35.2 Å². The molecule has 0 radical (unpaired) electrons. The third-order valence-corrected chi connectivity index (χ3v) is 4.12. The second-order valence-corrected chi connectivity index (χ2v) is 5.84. The molecule has 2 N–H and O–H groups in total. The van der Waals surface area contributed by atoms with E-state index in [9.17, 15) is 0 Å². The van der Waals surface area contributed by atoms with Gasteiger partial charge in [0.2, 0.25) is 0 Å². The van der Waals surface area contributed by atoms with Gasteiger partial charge in [-0.25, -0.2) is 9.97 Å². The number of hydrogen-bond donors (Lipinski definition) is 1. The minimum absolute atomic E-state index is 0.466. The van der Waals surface area contributed by atoms with Gasteiger partial charge in [0.25, 0.3) is 0 Å². The van der Waals surface area contributed by atoms with E-state index in [1.165, 1.54) is 0 Å². The van der Waals surface area contributed by atoms with Crippen molar-refractivity contribution in [1.29, 1.82) is 0 Å².